The molecule has 0 amide bonds. The van der Waals surface area contributed by atoms with Crippen LogP contribution in [0.2, 0.25) is 0 Å². The minimum absolute atomic E-state index is 0.00509. The van der Waals surface area contributed by atoms with Crippen molar-refractivity contribution in [1.82, 2.24) is 14.2 Å². The minimum Gasteiger partial charge on any atom is -0.492 e. The summed E-state index contributed by atoms with van der Waals surface area (Å²) < 4.78 is 32.3. The molecular formula is C20H27N3O3S. The lowest BCUT2D eigenvalue weighted by Crippen LogP contribution is -2.49. The van der Waals surface area contributed by atoms with Crippen molar-refractivity contribution in [1.29, 1.82) is 0 Å². The number of piperazine rings is 1. The molecule has 0 unspecified atom stereocenters. The SMILES string of the molecule is CCc1ccc(OCCS(=O)(=O)N2CCN(Cc3cccnc3)CC2)cc1. The average Bonchev–Trinajstić information content (AvgIpc) is 2.70. The summed E-state index contributed by atoms with van der Waals surface area (Å²) in [4.78, 5) is 6.38. The van der Waals surface area contributed by atoms with Gasteiger partial charge < -0.3 is 4.74 Å². The van der Waals surface area contributed by atoms with Crippen LogP contribution in [0.5, 0.6) is 5.75 Å². The van der Waals surface area contributed by atoms with E-state index in [0.29, 0.717) is 18.8 Å². The monoisotopic (exact) mass is 389 g/mol. The highest BCUT2D eigenvalue weighted by Gasteiger charge is 2.26. The number of aromatic nitrogens is 1. The molecule has 27 heavy (non-hydrogen) atoms. The van der Waals surface area contributed by atoms with Crippen LogP contribution in [0.15, 0.2) is 48.8 Å². The fourth-order valence-electron chi connectivity index (χ4n) is 3.13. The van der Waals surface area contributed by atoms with E-state index in [1.165, 1.54) is 5.56 Å². The number of aryl methyl sites for hydroxylation is 1. The van der Waals surface area contributed by atoms with Crippen LogP contribution in [0.3, 0.4) is 0 Å². The van der Waals surface area contributed by atoms with Crippen LogP contribution >= 0.6 is 0 Å². The number of hydrogen-bond donors (Lipinski definition) is 0. The van der Waals surface area contributed by atoms with Gasteiger partial charge in [0, 0.05) is 45.1 Å². The molecule has 0 spiro atoms. The van der Waals surface area contributed by atoms with Gasteiger partial charge in [0.25, 0.3) is 0 Å². The highest BCUT2D eigenvalue weighted by atomic mass is 32.2. The number of benzene rings is 1. The molecular weight excluding hydrogens is 362 g/mol. The van der Waals surface area contributed by atoms with Crippen LogP contribution in [0.25, 0.3) is 0 Å². The predicted molar refractivity (Wildman–Crippen MR) is 106 cm³/mol. The molecule has 7 heteroatoms. The average molecular weight is 390 g/mol. The van der Waals surface area contributed by atoms with Crippen LogP contribution < -0.4 is 4.74 Å². The van der Waals surface area contributed by atoms with E-state index in [-0.39, 0.29) is 12.4 Å². The lowest BCUT2D eigenvalue weighted by Gasteiger charge is -2.33. The Morgan fingerprint density at radius 1 is 1.04 bits per heavy atom. The normalized spacial score (nSPS) is 16.3. The summed E-state index contributed by atoms with van der Waals surface area (Å²) in [6.07, 6.45) is 4.59. The Kier molecular flexibility index (Phi) is 6.82. The fraction of sp³-hybridized carbons (Fsp3) is 0.450. The quantitative estimate of drug-likeness (QED) is 0.692. The van der Waals surface area contributed by atoms with Gasteiger partial charge in [0.05, 0.1) is 5.75 Å². The zero-order chi connectivity index (χ0) is 19.1. The van der Waals surface area contributed by atoms with Crippen molar-refractivity contribution < 1.29 is 13.2 Å². The molecule has 0 aliphatic carbocycles. The highest BCUT2D eigenvalue weighted by Crippen LogP contribution is 2.14. The van der Waals surface area contributed by atoms with Crippen molar-refractivity contribution in [2.45, 2.75) is 19.9 Å². The van der Waals surface area contributed by atoms with Crippen molar-refractivity contribution in [2.75, 3.05) is 38.5 Å². The van der Waals surface area contributed by atoms with Crippen LogP contribution in [-0.2, 0) is 23.0 Å². The van der Waals surface area contributed by atoms with Gasteiger partial charge in [-0.2, -0.15) is 4.31 Å². The number of nitrogens with zero attached hydrogens (tertiary/aromatic N) is 3. The Morgan fingerprint density at radius 3 is 2.41 bits per heavy atom. The summed E-state index contributed by atoms with van der Waals surface area (Å²) in [7, 11) is -3.29. The zero-order valence-electron chi connectivity index (χ0n) is 15.8. The molecule has 1 aliphatic rings. The van der Waals surface area contributed by atoms with Crippen LogP contribution in [0.4, 0.5) is 0 Å². The van der Waals surface area contributed by atoms with Gasteiger partial charge >= 0.3 is 0 Å². The fourth-order valence-corrected chi connectivity index (χ4v) is 4.40. The lowest BCUT2D eigenvalue weighted by molar-refractivity contribution is 0.181. The second-order valence-electron chi connectivity index (χ2n) is 6.70. The largest absolute Gasteiger partial charge is 0.492 e. The standard InChI is InChI=1S/C20H27N3O3S/c1-2-18-5-7-20(8-6-18)26-14-15-27(24,25)23-12-10-22(11-13-23)17-19-4-3-9-21-16-19/h3-9,16H,2,10-15,17H2,1H3. The van der Waals surface area contributed by atoms with Gasteiger partial charge in [-0.1, -0.05) is 25.1 Å². The van der Waals surface area contributed by atoms with Gasteiger partial charge in [-0.05, 0) is 35.7 Å². The van der Waals surface area contributed by atoms with Gasteiger partial charge in [-0.25, -0.2) is 8.42 Å². The predicted octanol–water partition coefficient (Wildman–Crippen LogP) is 2.17. The van der Waals surface area contributed by atoms with E-state index >= 15 is 0 Å². The lowest BCUT2D eigenvalue weighted by atomic mass is 10.2. The topological polar surface area (TPSA) is 62.7 Å². The minimum atomic E-state index is -3.29. The summed E-state index contributed by atoms with van der Waals surface area (Å²) in [6, 6.07) is 11.8. The first-order valence-electron chi connectivity index (χ1n) is 9.37. The van der Waals surface area contributed by atoms with Gasteiger partial charge in [0.15, 0.2) is 0 Å². The molecule has 146 valence electrons. The Balaban J connectivity index is 1.43. The van der Waals surface area contributed by atoms with Crippen molar-refractivity contribution in [2.24, 2.45) is 0 Å². The molecule has 0 bridgehead atoms. The van der Waals surface area contributed by atoms with Crippen LogP contribution in [0.1, 0.15) is 18.1 Å². The zero-order valence-corrected chi connectivity index (χ0v) is 16.6. The molecule has 1 aromatic carbocycles. The van der Waals surface area contributed by atoms with Crippen molar-refractivity contribution in [3.63, 3.8) is 0 Å². The van der Waals surface area contributed by atoms with E-state index in [2.05, 4.69) is 16.8 Å². The maximum Gasteiger partial charge on any atom is 0.217 e. The van der Waals surface area contributed by atoms with Crippen LogP contribution in [-0.4, -0.2) is 61.1 Å². The summed E-state index contributed by atoms with van der Waals surface area (Å²) >= 11 is 0. The molecule has 2 aromatic rings. The number of ether oxygens (including phenoxy) is 1. The third kappa shape index (κ3) is 5.76. The smallest absolute Gasteiger partial charge is 0.217 e. The van der Waals surface area contributed by atoms with E-state index in [1.54, 1.807) is 10.5 Å². The van der Waals surface area contributed by atoms with E-state index in [4.69, 9.17) is 4.74 Å². The first-order chi connectivity index (χ1) is 13.1. The summed E-state index contributed by atoms with van der Waals surface area (Å²) in [5.74, 6) is 0.717. The Hall–Kier alpha value is -1.96. The number of sulfonamides is 1. The van der Waals surface area contributed by atoms with Gasteiger partial charge in [0.1, 0.15) is 12.4 Å². The maximum atomic E-state index is 12.6. The number of pyridine rings is 1. The van der Waals surface area contributed by atoms with Crippen molar-refractivity contribution >= 4 is 10.0 Å². The second-order valence-corrected chi connectivity index (χ2v) is 8.79. The molecule has 0 saturated carbocycles. The second kappa shape index (κ2) is 9.30. The Labute approximate surface area is 161 Å². The van der Waals surface area contributed by atoms with E-state index in [1.807, 2.05) is 42.6 Å². The molecule has 1 saturated heterocycles. The molecule has 1 aromatic heterocycles. The Bertz CT molecular complexity index is 802. The third-order valence-electron chi connectivity index (χ3n) is 4.80. The van der Waals surface area contributed by atoms with Gasteiger partial charge in [-0.3, -0.25) is 9.88 Å². The summed E-state index contributed by atoms with van der Waals surface area (Å²) in [6.45, 7) is 5.57. The van der Waals surface area contributed by atoms with Crippen molar-refractivity contribution in [3.8, 4) is 5.75 Å². The molecule has 0 N–H and O–H groups in total. The molecule has 3 rings (SSSR count). The van der Waals surface area contributed by atoms with Crippen molar-refractivity contribution in [3.05, 3.63) is 59.9 Å². The molecule has 1 fully saturated rings. The van der Waals surface area contributed by atoms with E-state index in [0.717, 1.165) is 31.6 Å². The molecule has 0 radical (unpaired) electrons. The first kappa shape index (κ1) is 19.8. The van der Waals surface area contributed by atoms with E-state index < -0.39 is 10.0 Å². The number of hydrogen-bond acceptors (Lipinski definition) is 5. The van der Waals surface area contributed by atoms with Crippen LogP contribution in [0, 0.1) is 0 Å². The Morgan fingerprint density at radius 2 is 1.78 bits per heavy atom. The molecule has 1 aliphatic heterocycles. The maximum absolute atomic E-state index is 12.6. The number of rotatable bonds is 8. The summed E-state index contributed by atoms with van der Waals surface area (Å²) in [5.41, 5.74) is 2.38. The highest BCUT2D eigenvalue weighted by molar-refractivity contribution is 7.89. The van der Waals surface area contributed by atoms with Gasteiger partial charge in [0.2, 0.25) is 10.0 Å². The third-order valence-corrected chi connectivity index (χ3v) is 6.63. The van der Waals surface area contributed by atoms with Gasteiger partial charge in [-0.15, -0.1) is 0 Å². The summed E-state index contributed by atoms with van der Waals surface area (Å²) in [5, 5.41) is 0. The first-order valence-corrected chi connectivity index (χ1v) is 11.0. The molecule has 0 atom stereocenters. The van der Waals surface area contributed by atoms with E-state index in [9.17, 15) is 8.42 Å². The molecule has 2 heterocycles. The molecule has 6 nitrogen and oxygen atoms in total.